The molecule has 1 aliphatic heterocycles. The van der Waals surface area contributed by atoms with Crippen LogP contribution in [0.15, 0.2) is 24.3 Å². The summed E-state index contributed by atoms with van der Waals surface area (Å²) in [6.45, 7) is -0.598. The van der Waals surface area contributed by atoms with Gasteiger partial charge in [0, 0.05) is 12.1 Å². The molecule has 0 radical (unpaired) electrons. The lowest BCUT2D eigenvalue weighted by molar-refractivity contribution is -0.148. The molecule has 1 heterocycles. The van der Waals surface area contributed by atoms with Crippen LogP contribution < -0.4 is 5.32 Å². The van der Waals surface area contributed by atoms with Gasteiger partial charge in [-0.2, -0.15) is 13.2 Å². The van der Waals surface area contributed by atoms with Crippen LogP contribution in [0.5, 0.6) is 0 Å². The number of carbonyl (C=O) groups is 2. The minimum atomic E-state index is -4.47. The van der Waals surface area contributed by atoms with Gasteiger partial charge >= 0.3 is 12.1 Å². The number of ether oxygens (including phenoxy) is 1. The number of anilines is 1. The van der Waals surface area contributed by atoms with E-state index in [-0.39, 0.29) is 29.5 Å². The van der Waals surface area contributed by atoms with Crippen molar-refractivity contribution in [2.75, 3.05) is 23.4 Å². The van der Waals surface area contributed by atoms with Crippen LogP contribution >= 0.6 is 0 Å². The third-order valence-corrected chi connectivity index (χ3v) is 5.48. The summed E-state index contributed by atoms with van der Waals surface area (Å²) in [5, 5.41) is 2.30. The van der Waals surface area contributed by atoms with Crippen molar-refractivity contribution in [3.8, 4) is 0 Å². The van der Waals surface area contributed by atoms with Gasteiger partial charge in [0.1, 0.15) is 0 Å². The van der Waals surface area contributed by atoms with Crippen molar-refractivity contribution in [1.29, 1.82) is 0 Å². The van der Waals surface area contributed by atoms with E-state index >= 15 is 0 Å². The molecule has 0 bridgehead atoms. The average Bonchev–Trinajstić information content (AvgIpc) is 2.83. The molecule has 138 valence electrons. The predicted octanol–water partition coefficient (Wildman–Crippen LogP) is 2.01. The first-order valence-electron chi connectivity index (χ1n) is 7.38. The van der Waals surface area contributed by atoms with Gasteiger partial charge in [0.15, 0.2) is 16.4 Å². The Morgan fingerprint density at radius 1 is 1.20 bits per heavy atom. The van der Waals surface area contributed by atoms with Gasteiger partial charge in [0.25, 0.3) is 5.91 Å². The van der Waals surface area contributed by atoms with Gasteiger partial charge in [-0.1, -0.05) is 0 Å². The largest absolute Gasteiger partial charge is 0.456 e. The molecule has 0 spiro atoms. The number of amides is 1. The summed E-state index contributed by atoms with van der Waals surface area (Å²) in [5.74, 6) is -1.73. The molecule has 0 aliphatic carbocycles. The Morgan fingerprint density at radius 2 is 1.84 bits per heavy atom. The number of alkyl halides is 3. The molecule has 10 heteroatoms. The van der Waals surface area contributed by atoms with E-state index in [0.717, 1.165) is 24.3 Å². The van der Waals surface area contributed by atoms with E-state index in [4.69, 9.17) is 4.74 Å². The third-order valence-electron chi connectivity index (χ3n) is 3.64. The third kappa shape index (κ3) is 6.04. The number of halogens is 3. The average molecular weight is 379 g/mol. The second-order valence-corrected chi connectivity index (χ2v) is 7.99. The standard InChI is InChI=1S/C15H16F3NO5S/c16-15(17,18)11-1-3-12(4-2-11)19-13(20)8-24-14(21)7-10-5-6-25(22,23)9-10/h1-4,10H,5-9H2,(H,19,20)/t10-/m1/s1. The lowest BCUT2D eigenvalue weighted by Crippen LogP contribution is -2.22. The molecule has 1 amide bonds. The van der Waals surface area contributed by atoms with Crippen molar-refractivity contribution < 1.29 is 35.9 Å². The molecular weight excluding hydrogens is 363 g/mol. The minimum Gasteiger partial charge on any atom is -0.456 e. The summed E-state index contributed by atoms with van der Waals surface area (Å²) in [6.07, 6.45) is -4.17. The van der Waals surface area contributed by atoms with Crippen LogP contribution in [0.2, 0.25) is 0 Å². The van der Waals surface area contributed by atoms with E-state index in [2.05, 4.69) is 5.32 Å². The molecular formula is C15H16F3NO5S. The SMILES string of the molecule is O=C(COC(=O)C[C@H]1CCS(=O)(=O)C1)Nc1ccc(C(F)(F)F)cc1. The van der Waals surface area contributed by atoms with Gasteiger partial charge in [0.05, 0.1) is 17.1 Å². The van der Waals surface area contributed by atoms with Gasteiger partial charge in [-0.15, -0.1) is 0 Å². The van der Waals surface area contributed by atoms with Crippen molar-refractivity contribution in [3.05, 3.63) is 29.8 Å². The fraction of sp³-hybridized carbons (Fsp3) is 0.467. The number of sulfone groups is 1. The molecule has 25 heavy (non-hydrogen) atoms. The zero-order valence-corrected chi connectivity index (χ0v) is 13.8. The van der Waals surface area contributed by atoms with Crippen LogP contribution in [0.3, 0.4) is 0 Å². The van der Waals surface area contributed by atoms with Crippen LogP contribution in [-0.4, -0.2) is 38.4 Å². The molecule has 1 N–H and O–H groups in total. The Balaban J connectivity index is 1.76. The Hall–Kier alpha value is -2.10. The highest BCUT2D eigenvalue weighted by molar-refractivity contribution is 7.91. The summed E-state index contributed by atoms with van der Waals surface area (Å²) in [7, 11) is -3.09. The van der Waals surface area contributed by atoms with Gasteiger partial charge in [0.2, 0.25) is 0 Å². The maximum absolute atomic E-state index is 12.4. The summed E-state index contributed by atoms with van der Waals surface area (Å²) in [5.41, 5.74) is -0.709. The van der Waals surface area contributed by atoms with Gasteiger partial charge in [-0.3, -0.25) is 9.59 Å². The van der Waals surface area contributed by atoms with Crippen LogP contribution in [0.4, 0.5) is 18.9 Å². The van der Waals surface area contributed by atoms with E-state index in [1.165, 1.54) is 0 Å². The van der Waals surface area contributed by atoms with E-state index < -0.39 is 40.1 Å². The van der Waals surface area contributed by atoms with E-state index in [9.17, 15) is 31.2 Å². The van der Waals surface area contributed by atoms with Crippen molar-refractivity contribution in [1.82, 2.24) is 0 Å². The predicted molar refractivity (Wildman–Crippen MR) is 82.4 cm³/mol. The van der Waals surface area contributed by atoms with Crippen molar-refractivity contribution >= 4 is 27.4 Å². The van der Waals surface area contributed by atoms with Crippen LogP contribution in [0.1, 0.15) is 18.4 Å². The topological polar surface area (TPSA) is 89.5 Å². The minimum absolute atomic E-state index is 0.0410. The second kappa shape index (κ2) is 7.42. The number of rotatable bonds is 5. The van der Waals surface area contributed by atoms with Crippen molar-refractivity contribution in [3.63, 3.8) is 0 Å². The number of hydrogen-bond donors (Lipinski definition) is 1. The molecule has 1 fully saturated rings. The number of nitrogens with one attached hydrogen (secondary N) is 1. The second-order valence-electron chi connectivity index (χ2n) is 5.76. The molecule has 2 rings (SSSR count). The Bertz CT molecular complexity index is 743. The van der Waals surface area contributed by atoms with Crippen molar-refractivity contribution in [2.45, 2.75) is 19.0 Å². The zero-order valence-electron chi connectivity index (χ0n) is 13.0. The van der Waals surface area contributed by atoms with Crippen molar-refractivity contribution in [2.24, 2.45) is 5.92 Å². The van der Waals surface area contributed by atoms with Gasteiger partial charge in [-0.05, 0) is 36.6 Å². The molecule has 0 aromatic heterocycles. The molecule has 1 aromatic rings. The number of esters is 1. The maximum Gasteiger partial charge on any atom is 0.416 e. The maximum atomic E-state index is 12.4. The fourth-order valence-electron chi connectivity index (χ4n) is 2.41. The zero-order chi connectivity index (χ0) is 18.7. The highest BCUT2D eigenvalue weighted by Crippen LogP contribution is 2.29. The molecule has 6 nitrogen and oxygen atoms in total. The first-order valence-corrected chi connectivity index (χ1v) is 9.20. The molecule has 1 aliphatic rings. The van der Waals surface area contributed by atoms with Crippen LogP contribution in [0, 0.1) is 5.92 Å². The quantitative estimate of drug-likeness (QED) is 0.791. The Morgan fingerprint density at radius 3 is 2.36 bits per heavy atom. The monoisotopic (exact) mass is 379 g/mol. The molecule has 0 unspecified atom stereocenters. The first-order chi connectivity index (χ1) is 11.5. The van der Waals surface area contributed by atoms with Crippen LogP contribution in [0.25, 0.3) is 0 Å². The first kappa shape index (κ1) is 19.2. The van der Waals surface area contributed by atoms with Crippen LogP contribution in [-0.2, 0) is 30.3 Å². The van der Waals surface area contributed by atoms with E-state index in [1.807, 2.05) is 0 Å². The number of hydrogen-bond acceptors (Lipinski definition) is 5. The highest BCUT2D eigenvalue weighted by Gasteiger charge is 2.31. The van der Waals surface area contributed by atoms with E-state index in [1.54, 1.807) is 0 Å². The molecule has 1 atom stereocenters. The molecule has 0 saturated carbocycles. The number of benzene rings is 1. The lowest BCUT2D eigenvalue weighted by Gasteiger charge is -2.10. The molecule has 1 saturated heterocycles. The molecule has 1 aromatic carbocycles. The Kier molecular flexibility index (Phi) is 5.71. The lowest BCUT2D eigenvalue weighted by atomic mass is 10.1. The number of carbonyl (C=O) groups excluding carboxylic acids is 2. The summed E-state index contributed by atoms with van der Waals surface area (Å²) in [4.78, 5) is 23.2. The van der Waals surface area contributed by atoms with Gasteiger partial charge in [-0.25, -0.2) is 8.42 Å². The van der Waals surface area contributed by atoms with Gasteiger partial charge < -0.3 is 10.1 Å². The fourth-order valence-corrected chi connectivity index (χ4v) is 4.28. The summed E-state index contributed by atoms with van der Waals surface area (Å²) >= 11 is 0. The van der Waals surface area contributed by atoms with E-state index in [0.29, 0.717) is 6.42 Å². The normalized spacial score (nSPS) is 19.4. The summed E-state index contributed by atoms with van der Waals surface area (Å²) in [6, 6.07) is 3.82. The summed E-state index contributed by atoms with van der Waals surface area (Å²) < 4.78 is 64.6. The smallest absolute Gasteiger partial charge is 0.416 e. The Labute approximate surface area is 142 Å². The highest BCUT2D eigenvalue weighted by atomic mass is 32.2.